The van der Waals surface area contributed by atoms with Gasteiger partial charge in [-0.15, -0.1) is 0 Å². The Bertz CT molecular complexity index is 3780. The average Bonchev–Trinajstić information content (AvgIpc) is 3.80. The van der Waals surface area contributed by atoms with E-state index in [1.165, 1.54) is 105 Å². The van der Waals surface area contributed by atoms with Crippen molar-refractivity contribution in [3.63, 3.8) is 0 Å². The molecule has 0 heterocycles. The molecule has 0 aliphatic heterocycles. The van der Waals surface area contributed by atoms with Crippen molar-refractivity contribution < 1.29 is 0 Å². The standard InChI is InChI=1S/C67H49N/c1-66(2)61-29-14-11-26-57(61)60-28-17-27-59(65(60)66)55-24-10-9-22-52(55)45-34-37-49(38-35-45)68(50-39-41-58-56-25-12-15-30-62(56)67(3,63(58)43-50)48-19-5-4-6-20-48)64-31-16-13-23-54(64)47-36-40-53-46(42-47)33-32-44-18-7-8-21-51(44)53/h4-43H,1-3H3. The number of hydrogen-bond acceptors (Lipinski definition) is 1. The minimum absolute atomic E-state index is 0.125. The molecule has 13 rings (SSSR count). The van der Waals surface area contributed by atoms with Crippen molar-refractivity contribution in [3.05, 3.63) is 270 Å². The molecule has 0 radical (unpaired) electrons. The molecule has 1 unspecified atom stereocenters. The Balaban J connectivity index is 0.979. The highest BCUT2D eigenvalue weighted by molar-refractivity contribution is 6.09. The minimum atomic E-state index is -0.337. The highest BCUT2D eigenvalue weighted by Crippen LogP contribution is 2.56. The first-order valence-electron chi connectivity index (χ1n) is 23.9. The van der Waals surface area contributed by atoms with Crippen LogP contribution >= 0.6 is 0 Å². The first-order valence-corrected chi connectivity index (χ1v) is 23.9. The topological polar surface area (TPSA) is 3.24 Å². The van der Waals surface area contributed by atoms with E-state index in [-0.39, 0.29) is 10.8 Å². The summed E-state index contributed by atoms with van der Waals surface area (Å²) in [7, 11) is 0. The summed E-state index contributed by atoms with van der Waals surface area (Å²) in [6, 6.07) is 90.3. The van der Waals surface area contributed by atoms with E-state index in [0.29, 0.717) is 0 Å². The molecule has 2 aliphatic carbocycles. The Morgan fingerprint density at radius 2 is 0.853 bits per heavy atom. The fourth-order valence-electron chi connectivity index (χ4n) is 12.1. The average molecular weight is 868 g/mol. The van der Waals surface area contributed by atoms with Gasteiger partial charge in [-0.1, -0.05) is 220 Å². The molecule has 1 atom stereocenters. The van der Waals surface area contributed by atoms with Gasteiger partial charge >= 0.3 is 0 Å². The molecule has 0 fully saturated rings. The number of rotatable bonds is 7. The van der Waals surface area contributed by atoms with Gasteiger partial charge in [-0.05, 0) is 143 Å². The van der Waals surface area contributed by atoms with E-state index in [2.05, 4.69) is 268 Å². The predicted octanol–water partition coefficient (Wildman–Crippen LogP) is 18.1. The Hall–Kier alpha value is -8.26. The van der Waals surface area contributed by atoms with Gasteiger partial charge in [0.1, 0.15) is 0 Å². The summed E-state index contributed by atoms with van der Waals surface area (Å²) in [4.78, 5) is 2.48. The van der Waals surface area contributed by atoms with E-state index >= 15 is 0 Å². The Labute approximate surface area is 399 Å². The third-order valence-electron chi connectivity index (χ3n) is 15.3. The van der Waals surface area contributed by atoms with Crippen molar-refractivity contribution in [2.24, 2.45) is 0 Å². The van der Waals surface area contributed by atoms with Crippen molar-refractivity contribution >= 4 is 38.6 Å². The lowest BCUT2D eigenvalue weighted by molar-refractivity contribution is 0.662. The Morgan fingerprint density at radius 1 is 0.309 bits per heavy atom. The number of para-hydroxylation sites is 1. The van der Waals surface area contributed by atoms with Crippen molar-refractivity contribution in [2.75, 3.05) is 4.90 Å². The molecule has 0 amide bonds. The zero-order valence-electron chi connectivity index (χ0n) is 38.5. The SMILES string of the molecule is CC1(C)c2ccccc2-c2cccc(-c3ccccc3-c3ccc(N(c4ccc5c(c4)C(C)(c4ccccc4)c4ccccc4-5)c4ccccc4-c4ccc5c(ccc6ccccc65)c4)cc3)c21. The van der Waals surface area contributed by atoms with Crippen LogP contribution in [0.1, 0.15) is 48.6 Å². The smallest absolute Gasteiger partial charge is 0.0540 e. The van der Waals surface area contributed by atoms with Gasteiger partial charge in [0.25, 0.3) is 0 Å². The molecule has 68 heavy (non-hydrogen) atoms. The molecule has 11 aromatic carbocycles. The lowest BCUT2D eigenvalue weighted by Gasteiger charge is -2.31. The molecule has 0 N–H and O–H groups in total. The van der Waals surface area contributed by atoms with Crippen molar-refractivity contribution in [1.29, 1.82) is 0 Å². The molecule has 0 spiro atoms. The van der Waals surface area contributed by atoms with Gasteiger partial charge in [-0.2, -0.15) is 0 Å². The number of anilines is 3. The molecule has 1 nitrogen and oxygen atoms in total. The van der Waals surface area contributed by atoms with Crippen LogP contribution in [-0.4, -0.2) is 0 Å². The Kier molecular flexibility index (Phi) is 9.07. The van der Waals surface area contributed by atoms with Gasteiger partial charge in [0.2, 0.25) is 0 Å². The van der Waals surface area contributed by atoms with Crippen LogP contribution in [0.25, 0.3) is 77.2 Å². The van der Waals surface area contributed by atoms with E-state index in [0.717, 1.165) is 17.1 Å². The summed E-state index contributed by atoms with van der Waals surface area (Å²) in [6.07, 6.45) is 0. The quantitative estimate of drug-likeness (QED) is 0.144. The van der Waals surface area contributed by atoms with Crippen LogP contribution in [0.2, 0.25) is 0 Å². The molecular formula is C67H49N. The highest BCUT2D eigenvalue weighted by atomic mass is 15.1. The molecular weight excluding hydrogens is 819 g/mol. The van der Waals surface area contributed by atoms with Crippen LogP contribution in [0.5, 0.6) is 0 Å². The predicted molar refractivity (Wildman–Crippen MR) is 287 cm³/mol. The maximum absolute atomic E-state index is 2.48. The highest BCUT2D eigenvalue weighted by Gasteiger charge is 2.41. The van der Waals surface area contributed by atoms with Crippen molar-refractivity contribution in [2.45, 2.75) is 31.6 Å². The number of benzene rings is 11. The van der Waals surface area contributed by atoms with Gasteiger partial charge in [0.05, 0.1) is 5.69 Å². The van der Waals surface area contributed by atoms with Crippen LogP contribution in [0.15, 0.2) is 243 Å². The number of hydrogen-bond donors (Lipinski definition) is 0. The second kappa shape index (κ2) is 15.4. The summed E-state index contributed by atoms with van der Waals surface area (Å²) in [5, 5.41) is 5.03. The molecule has 0 saturated carbocycles. The third kappa shape index (κ3) is 6.02. The summed E-state index contributed by atoms with van der Waals surface area (Å²) in [5.41, 5.74) is 22.2. The fourth-order valence-corrected chi connectivity index (χ4v) is 12.1. The lowest BCUT2D eigenvalue weighted by atomic mass is 9.74. The van der Waals surface area contributed by atoms with Crippen LogP contribution in [0, 0.1) is 0 Å². The zero-order chi connectivity index (χ0) is 45.6. The van der Waals surface area contributed by atoms with E-state index in [1.54, 1.807) is 0 Å². The lowest BCUT2D eigenvalue weighted by Crippen LogP contribution is -2.22. The Morgan fingerprint density at radius 3 is 1.65 bits per heavy atom. The van der Waals surface area contributed by atoms with Crippen molar-refractivity contribution in [3.8, 4) is 55.6 Å². The molecule has 0 aromatic heterocycles. The molecule has 322 valence electrons. The monoisotopic (exact) mass is 867 g/mol. The molecule has 1 heteroatoms. The maximum Gasteiger partial charge on any atom is 0.0540 e. The molecule has 11 aromatic rings. The third-order valence-corrected chi connectivity index (χ3v) is 15.3. The molecule has 0 bridgehead atoms. The fraction of sp³-hybridized carbons (Fsp3) is 0.0746. The number of fused-ring (bicyclic) bond motifs is 9. The van der Waals surface area contributed by atoms with E-state index in [1.807, 2.05) is 0 Å². The largest absolute Gasteiger partial charge is 0.310 e. The second-order valence-electron chi connectivity index (χ2n) is 19.3. The van der Waals surface area contributed by atoms with Gasteiger partial charge in [0.15, 0.2) is 0 Å². The first kappa shape index (κ1) is 40.1. The summed E-state index contributed by atoms with van der Waals surface area (Å²) in [5.74, 6) is 0. The number of nitrogens with zero attached hydrogens (tertiary/aromatic N) is 1. The maximum atomic E-state index is 2.48. The van der Waals surface area contributed by atoms with E-state index in [9.17, 15) is 0 Å². The second-order valence-corrected chi connectivity index (χ2v) is 19.3. The molecule has 2 aliphatic rings. The van der Waals surface area contributed by atoms with Gasteiger partial charge < -0.3 is 4.90 Å². The van der Waals surface area contributed by atoms with E-state index in [4.69, 9.17) is 0 Å². The van der Waals surface area contributed by atoms with Crippen molar-refractivity contribution in [1.82, 2.24) is 0 Å². The van der Waals surface area contributed by atoms with Gasteiger partial charge in [0, 0.05) is 27.8 Å². The summed E-state index contributed by atoms with van der Waals surface area (Å²) < 4.78 is 0. The minimum Gasteiger partial charge on any atom is -0.310 e. The normalized spacial score (nSPS) is 15.2. The van der Waals surface area contributed by atoms with Crippen LogP contribution in [0.3, 0.4) is 0 Å². The van der Waals surface area contributed by atoms with Crippen LogP contribution < -0.4 is 4.90 Å². The van der Waals surface area contributed by atoms with Crippen LogP contribution in [0.4, 0.5) is 17.1 Å². The van der Waals surface area contributed by atoms with E-state index < -0.39 is 0 Å². The van der Waals surface area contributed by atoms with Gasteiger partial charge in [-0.3, -0.25) is 0 Å². The summed E-state index contributed by atoms with van der Waals surface area (Å²) >= 11 is 0. The van der Waals surface area contributed by atoms with Gasteiger partial charge in [-0.25, -0.2) is 0 Å². The molecule has 0 saturated heterocycles. The zero-order valence-corrected chi connectivity index (χ0v) is 38.5. The summed E-state index contributed by atoms with van der Waals surface area (Å²) in [6.45, 7) is 7.16. The van der Waals surface area contributed by atoms with Crippen LogP contribution in [-0.2, 0) is 10.8 Å². The first-order chi connectivity index (χ1) is 33.4.